The predicted octanol–water partition coefficient (Wildman–Crippen LogP) is 2.88. The van der Waals surface area contributed by atoms with Crippen molar-refractivity contribution in [3.8, 4) is 5.75 Å². The molecule has 9 heteroatoms. The van der Waals surface area contributed by atoms with Gasteiger partial charge in [0.25, 0.3) is 11.8 Å². The summed E-state index contributed by atoms with van der Waals surface area (Å²) in [7, 11) is -3.58. The first kappa shape index (κ1) is 22.5. The molecular formula is C22H25N3O5S. The second-order valence-electron chi connectivity index (χ2n) is 6.83. The number of carbonyl (C=O) groups excluding carboxylic acids is 2. The van der Waals surface area contributed by atoms with Gasteiger partial charge in [-0.1, -0.05) is 19.9 Å². The summed E-state index contributed by atoms with van der Waals surface area (Å²) in [6, 6.07) is 10.8. The Bertz CT molecular complexity index is 1090. The number of rotatable bonds is 8. The standard InChI is InChI=1S/C22H25N3O5S/c1-4-13-25-19-12-9-17(14-20(19)30-15-21(25)26)23-22(27)16-7-10-18(11-8-16)31(28,29)24(5-2)6-3/h4,7-12,14H,1,5-6,13,15H2,2-3H3,(H,23,27). The number of nitrogens with zero attached hydrogens (tertiary/aromatic N) is 2. The van der Waals surface area contributed by atoms with E-state index >= 15 is 0 Å². The molecule has 0 bridgehead atoms. The van der Waals surface area contributed by atoms with E-state index in [2.05, 4.69) is 11.9 Å². The van der Waals surface area contributed by atoms with Crippen LogP contribution in [0.4, 0.5) is 11.4 Å². The van der Waals surface area contributed by atoms with Crippen molar-refractivity contribution >= 4 is 33.2 Å². The van der Waals surface area contributed by atoms with E-state index in [1.165, 1.54) is 28.6 Å². The van der Waals surface area contributed by atoms with Crippen LogP contribution in [0.2, 0.25) is 0 Å². The molecule has 1 N–H and O–H groups in total. The van der Waals surface area contributed by atoms with E-state index in [1.54, 1.807) is 43.0 Å². The monoisotopic (exact) mass is 443 g/mol. The van der Waals surface area contributed by atoms with Gasteiger partial charge in [-0.3, -0.25) is 9.59 Å². The first-order valence-corrected chi connectivity index (χ1v) is 11.4. The van der Waals surface area contributed by atoms with E-state index in [1.807, 2.05) is 0 Å². The zero-order valence-corrected chi connectivity index (χ0v) is 18.3. The third-order valence-electron chi connectivity index (χ3n) is 4.93. The number of nitrogens with one attached hydrogen (secondary N) is 1. The van der Waals surface area contributed by atoms with Crippen LogP contribution in [-0.4, -0.2) is 50.8 Å². The third kappa shape index (κ3) is 4.62. The molecule has 1 heterocycles. The average Bonchev–Trinajstić information content (AvgIpc) is 2.76. The van der Waals surface area contributed by atoms with Crippen molar-refractivity contribution in [2.24, 2.45) is 0 Å². The summed E-state index contributed by atoms with van der Waals surface area (Å²) in [5.74, 6) is -0.0644. The second-order valence-corrected chi connectivity index (χ2v) is 8.77. The van der Waals surface area contributed by atoms with Gasteiger partial charge in [0.1, 0.15) is 5.75 Å². The van der Waals surface area contributed by atoms with Gasteiger partial charge in [0, 0.05) is 37.0 Å². The molecule has 1 aliphatic heterocycles. The number of hydrogen-bond donors (Lipinski definition) is 1. The van der Waals surface area contributed by atoms with Crippen LogP contribution in [0.3, 0.4) is 0 Å². The molecular weight excluding hydrogens is 418 g/mol. The maximum Gasteiger partial charge on any atom is 0.265 e. The number of hydrogen-bond acceptors (Lipinski definition) is 5. The normalized spacial score (nSPS) is 13.5. The van der Waals surface area contributed by atoms with Crippen molar-refractivity contribution in [3.05, 3.63) is 60.7 Å². The Morgan fingerprint density at radius 2 is 1.87 bits per heavy atom. The number of sulfonamides is 1. The van der Waals surface area contributed by atoms with Crippen LogP contribution in [0.5, 0.6) is 5.75 Å². The van der Waals surface area contributed by atoms with Crippen LogP contribution in [0, 0.1) is 0 Å². The van der Waals surface area contributed by atoms with E-state index in [9.17, 15) is 18.0 Å². The van der Waals surface area contributed by atoms with E-state index in [0.717, 1.165) is 0 Å². The van der Waals surface area contributed by atoms with Crippen molar-refractivity contribution < 1.29 is 22.7 Å². The van der Waals surface area contributed by atoms with Gasteiger partial charge in [0.2, 0.25) is 10.0 Å². The maximum absolute atomic E-state index is 12.6. The van der Waals surface area contributed by atoms with Crippen LogP contribution in [0.25, 0.3) is 0 Å². The fourth-order valence-electron chi connectivity index (χ4n) is 3.31. The Labute approximate surface area is 182 Å². The molecule has 2 amide bonds. The van der Waals surface area contributed by atoms with Gasteiger partial charge >= 0.3 is 0 Å². The van der Waals surface area contributed by atoms with Crippen molar-refractivity contribution in [1.82, 2.24) is 4.31 Å². The Hall–Kier alpha value is -3.17. The molecule has 31 heavy (non-hydrogen) atoms. The van der Waals surface area contributed by atoms with Crippen LogP contribution in [-0.2, 0) is 14.8 Å². The number of benzene rings is 2. The molecule has 0 atom stereocenters. The quantitative estimate of drug-likeness (QED) is 0.633. The first-order valence-electron chi connectivity index (χ1n) is 9.91. The van der Waals surface area contributed by atoms with Gasteiger partial charge < -0.3 is 15.0 Å². The van der Waals surface area contributed by atoms with Crippen molar-refractivity contribution in [2.75, 3.05) is 36.5 Å². The Morgan fingerprint density at radius 1 is 1.19 bits per heavy atom. The lowest BCUT2D eigenvalue weighted by atomic mass is 10.2. The summed E-state index contributed by atoms with van der Waals surface area (Å²) in [6.07, 6.45) is 1.63. The van der Waals surface area contributed by atoms with E-state index < -0.39 is 10.0 Å². The fourth-order valence-corrected chi connectivity index (χ4v) is 4.76. The zero-order chi connectivity index (χ0) is 22.6. The topological polar surface area (TPSA) is 96.0 Å². The molecule has 0 saturated heterocycles. The van der Waals surface area contributed by atoms with E-state index in [4.69, 9.17) is 4.74 Å². The minimum Gasteiger partial charge on any atom is -0.481 e. The van der Waals surface area contributed by atoms with Crippen LogP contribution < -0.4 is 15.0 Å². The summed E-state index contributed by atoms with van der Waals surface area (Å²) >= 11 is 0. The lowest BCUT2D eigenvalue weighted by Crippen LogP contribution is -2.38. The molecule has 0 fully saturated rings. The molecule has 1 aliphatic rings. The van der Waals surface area contributed by atoms with Crippen LogP contribution in [0.1, 0.15) is 24.2 Å². The Morgan fingerprint density at radius 3 is 2.48 bits per heavy atom. The number of ether oxygens (including phenoxy) is 1. The van der Waals surface area contributed by atoms with Gasteiger partial charge in [0.05, 0.1) is 10.6 Å². The van der Waals surface area contributed by atoms with E-state index in [0.29, 0.717) is 42.3 Å². The SMILES string of the molecule is C=CCN1C(=O)COc2cc(NC(=O)c3ccc(S(=O)(=O)N(CC)CC)cc3)ccc21. The Balaban J connectivity index is 1.76. The number of anilines is 2. The van der Waals surface area contributed by atoms with Gasteiger partial charge in [-0.05, 0) is 36.4 Å². The Kier molecular flexibility index (Phi) is 6.77. The molecule has 0 aliphatic carbocycles. The summed E-state index contributed by atoms with van der Waals surface area (Å²) in [5, 5.41) is 2.77. The minimum absolute atomic E-state index is 0.0826. The maximum atomic E-state index is 12.6. The molecule has 164 valence electrons. The van der Waals surface area contributed by atoms with Gasteiger partial charge in [-0.15, -0.1) is 6.58 Å². The highest BCUT2D eigenvalue weighted by atomic mass is 32.2. The molecule has 8 nitrogen and oxygen atoms in total. The van der Waals surface area contributed by atoms with Crippen LogP contribution in [0.15, 0.2) is 60.0 Å². The minimum atomic E-state index is -3.58. The highest BCUT2D eigenvalue weighted by Gasteiger charge is 2.25. The van der Waals surface area contributed by atoms with Gasteiger partial charge in [-0.25, -0.2) is 8.42 Å². The zero-order valence-electron chi connectivity index (χ0n) is 17.5. The average molecular weight is 444 g/mol. The molecule has 0 radical (unpaired) electrons. The highest BCUT2D eigenvalue weighted by Crippen LogP contribution is 2.34. The smallest absolute Gasteiger partial charge is 0.265 e. The number of amides is 2. The summed E-state index contributed by atoms with van der Waals surface area (Å²) in [4.78, 5) is 26.3. The van der Waals surface area contributed by atoms with Gasteiger partial charge in [-0.2, -0.15) is 4.31 Å². The fraction of sp³-hybridized carbons (Fsp3) is 0.273. The highest BCUT2D eigenvalue weighted by molar-refractivity contribution is 7.89. The molecule has 0 spiro atoms. The predicted molar refractivity (Wildman–Crippen MR) is 119 cm³/mol. The molecule has 0 unspecified atom stereocenters. The van der Waals surface area contributed by atoms with Crippen molar-refractivity contribution in [3.63, 3.8) is 0 Å². The molecule has 2 aromatic carbocycles. The van der Waals surface area contributed by atoms with E-state index in [-0.39, 0.29) is 23.3 Å². The third-order valence-corrected chi connectivity index (χ3v) is 7.00. The van der Waals surface area contributed by atoms with Crippen molar-refractivity contribution in [1.29, 1.82) is 0 Å². The van der Waals surface area contributed by atoms with Crippen molar-refractivity contribution in [2.45, 2.75) is 18.7 Å². The summed E-state index contributed by atoms with van der Waals surface area (Å²) < 4.78 is 32.0. The summed E-state index contributed by atoms with van der Waals surface area (Å²) in [5.41, 5.74) is 1.43. The summed E-state index contributed by atoms with van der Waals surface area (Å²) in [6.45, 7) is 8.24. The largest absolute Gasteiger partial charge is 0.481 e. The first-order chi connectivity index (χ1) is 14.8. The molecule has 3 rings (SSSR count). The molecule has 0 aromatic heterocycles. The van der Waals surface area contributed by atoms with Crippen LogP contribution >= 0.6 is 0 Å². The number of fused-ring (bicyclic) bond motifs is 1. The molecule has 2 aromatic rings. The number of carbonyl (C=O) groups is 2. The second kappa shape index (κ2) is 9.32. The van der Waals surface area contributed by atoms with Gasteiger partial charge in [0.15, 0.2) is 6.61 Å². The molecule has 0 saturated carbocycles. The lowest BCUT2D eigenvalue weighted by Gasteiger charge is -2.28. The lowest BCUT2D eigenvalue weighted by molar-refractivity contribution is -0.121.